The molecule has 3 rings (SSSR count). The Morgan fingerprint density at radius 1 is 1.12 bits per heavy atom. The van der Waals surface area contributed by atoms with E-state index >= 15 is 0 Å². The van der Waals surface area contributed by atoms with Crippen molar-refractivity contribution in [1.82, 2.24) is 19.7 Å². The summed E-state index contributed by atoms with van der Waals surface area (Å²) in [6, 6.07) is 11.0. The average molecular weight is 476 g/mol. The SMILES string of the molecule is COCCCNC(=O)c1nn(-c2cccc(C(F)(F)F)c2)c(=O)n(Cc2cccc(C)c2)c1=O. The highest BCUT2D eigenvalue weighted by Gasteiger charge is 2.31. The molecule has 1 heterocycles. The third kappa shape index (κ3) is 5.79. The van der Waals surface area contributed by atoms with Gasteiger partial charge in [0.05, 0.1) is 17.8 Å². The number of aryl methyl sites for hydroxylation is 1. The zero-order chi connectivity index (χ0) is 24.9. The van der Waals surface area contributed by atoms with Crippen LogP contribution in [0.15, 0.2) is 58.1 Å². The number of methoxy groups -OCH3 is 1. The molecule has 0 spiro atoms. The fraction of sp³-hybridized carbons (Fsp3) is 0.304. The molecule has 0 atom stereocenters. The predicted octanol–water partition coefficient (Wildman–Crippen LogP) is 2.54. The molecule has 0 aliphatic heterocycles. The van der Waals surface area contributed by atoms with Crippen molar-refractivity contribution in [2.45, 2.75) is 26.1 Å². The van der Waals surface area contributed by atoms with Crippen LogP contribution < -0.4 is 16.6 Å². The Hall–Kier alpha value is -3.73. The third-order valence-corrected chi connectivity index (χ3v) is 4.93. The van der Waals surface area contributed by atoms with Crippen molar-refractivity contribution in [3.8, 4) is 5.69 Å². The summed E-state index contributed by atoms with van der Waals surface area (Å²) in [5.41, 5.74) is -2.27. The van der Waals surface area contributed by atoms with E-state index in [9.17, 15) is 27.6 Å². The number of alkyl halides is 3. The van der Waals surface area contributed by atoms with Crippen LogP contribution in [0.1, 0.15) is 33.6 Å². The molecular formula is C23H23F3N4O4. The van der Waals surface area contributed by atoms with Crippen molar-refractivity contribution in [3.05, 3.63) is 91.8 Å². The molecule has 1 N–H and O–H groups in total. The summed E-state index contributed by atoms with van der Waals surface area (Å²) in [4.78, 5) is 38.9. The lowest BCUT2D eigenvalue weighted by Crippen LogP contribution is -2.46. The number of carbonyl (C=O) groups is 1. The van der Waals surface area contributed by atoms with Crippen molar-refractivity contribution in [1.29, 1.82) is 0 Å². The quantitative estimate of drug-likeness (QED) is 0.505. The maximum atomic E-state index is 13.2. The Labute approximate surface area is 192 Å². The number of hydrogen-bond acceptors (Lipinski definition) is 5. The van der Waals surface area contributed by atoms with Crippen molar-refractivity contribution < 1.29 is 22.7 Å². The van der Waals surface area contributed by atoms with Gasteiger partial charge in [-0.15, -0.1) is 0 Å². The molecule has 0 fully saturated rings. The zero-order valence-corrected chi connectivity index (χ0v) is 18.6. The predicted molar refractivity (Wildman–Crippen MR) is 118 cm³/mol. The minimum absolute atomic E-state index is 0.175. The van der Waals surface area contributed by atoms with Crippen molar-refractivity contribution in [2.24, 2.45) is 0 Å². The van der Waals surface area contributed by atoms with Gasteiger partial charge in [0.2, 0.25) is 5.69 Å². The summed E-state index contributed by atoms with van der Waals surface area (Å²) < 4.78 is 46.0. The van der Waals surface area contributed by atoms with Gasteiger partial charge in [-0.1, -0.05) is 35.9 Å². The monoisotopic (exact) mass is 476 g/mol. The van der Waals surface area contributed by atoms with Crippen molar-refractivity contribution in [3.63, 3.8) is 0 Å². The van der Waals surface area contributed by atoms with Gasteiger partial charge in [0.15, 0.2) is 0 Å². The van der Waals surface area contributed by atoms with E-state index in [1.807, 2.05) is 13.0 Å². The normalized spacial score (nSPS) is 11.4. The second kappa shape index (κ2) is 10.5. The van der Waals surface area contributed by atoms with E-state index in [2.05, 4.69) is 10.4 Å². The highest BCUT2D eigenvalue weighted by atomic mass is 19.4. The highest BCUT2D eigenvalue weighted by molar-refractivity contribution is 5.91. The summed E-state index contributed by atoms with van der Waals surface area (Å²) in [5, 5.41) is 6.36. The average Bonchev–Trinajstić information content (AvgIpc) is 2.79. The van der Waals surface area contributed by atoms with Crippen LogP contribution in [0.25, 0.3) is 5.69 Å². The summed E-state index contributed by atoms with van der Waals surface area (Å²) >= 11 is 0. The van der Waals surface area contributed by atoms with Gasteiger partial charge in [0.1, 0.15) is 0 Å². The minimum Gasteiger partial charge on any atom is -0.385 e. The first kappa shape index (κ1) is 24.9. The molecule has 0 saturated heterocycles. The van der Waals surface area contributed by atoms with Crippen LogP contribution in [-0.4, -0.2) is 40.5 Å². The number of nitrogens with one attached hydrogen (secondary N) is 1. The van der Waals surface area contributed by atoms with Gasteiger partial charge >= 0.3 is 11.9 Å². The van der Waals surface area contributed by atoms with Crippen LogP contribution in [0.2, 0.25) is 0 Å². The Morgan fingerprint density at radius 3 is 2.53 bits per heavy atom. The molecule has 0 aliphatic rings. The molecule has 1 aromatic heterocycles. The first-order chi connectivity index (χ1) is 16.1. The summed E-state index contributed by atoms with van der Waals surface area (Å²) in [7, 11) is 1.50. The van der Waals surface area contributed by atoms with Crippen LogP contribution in [-0.2, 0) is 17.5 Å². The van der Waals surface area contributed by atoms with Crippen molar-refractivity contribution in [2.75, 3.05) is 20.3 Å². The molecule has 1 amide bonds. The van der Waals surface area contributed by atoms with E-state index in [1.54, 1.807) is 18.2 Å². The molecule has 8 nitrogen and oxygen atoms in total. The number of benzene rings is 2. The van der Waals surface area contributed by atoms with E-state index in [0.29, 0.717) is 23.3 Å². The van der Waals surface area contributed by atoms with Gasteiger partial charge in [0.25, 0.3) is 11.5 Å². The van der Waals surface area contributed by atoms with E-state index in [0.717, 1.165) is 28.3 Å². The van der Waals surface area contributed by atoms with Crippen LogP contribution in [0.5, 0.6) is 0 Å². The number of ether oxygens (including phenoxy) is 1. The fourth-order valence-electron chi connectivity index (χ4n) is 3.27. The topological polar surface area (TPSA) is 95.2 Å². The molecule has 0 radical (unpaired) electrons. The second-order valence-corrected chi connectivity index (χ2v) is 7.57. The summed E-state index contributed by atoms with van der Waals surface area (Å²) in [6.07, 6.45) is -4.19. The molecule has 0 unspecified atom stereocenters. The van der Waals surface area contributed by atoms with E-state index in [4.69, 9.17) is 4.74 Å². The number of nitrogens with zero attached hydrogens (tertiary/aromatic N) is 3. The number of aromatic nitrogens is 3. The van der Waals surface area contributed by atoms with E-state index < -0.39 is 34.6 Å². The number of rotatable bonds is 8. The lowest BCUT2D eigenvalue weighted by molar-refractivity contribution is -0.137. The lowest BCUT2D eigenvalue weighted by Gasteiger charge is -2.14. The van der Waals surface area contributed by atoms with Crippen molar-refractivity contribution >= 4 is 5.91 Å². The maximum Gasteiger partial charge on any atom is 0.416 e. The molecule has 180 valence electrons. The second-order valence-electron chi connectivity index (χ2n) is 7.57. The summed E-state index contributed by atoms with van der Waals surface area (Å²) in [5.74, 6) is -0.847. The molecule has 0 bridgehead atoms. The third-order valence-electron chi connectivity index (χ3n) is 4.93. The van der Waals surface area contributed by atoms with Gasteiger partial charge < -0.3 is 10.1 Å². The Balaban J connectivity index is 2.14. The zero-order valence-electron chi connectivity index (χ0n) is 18.6. The standard InChI is InChI=1S/C23H23F3N4O4/c1-15-6-3-7-16(12-15)14-29-21(32)19(20(31)27-10-5-11-34-2)28-30(22(29)33)18-9-4-8-17(13-18)23(24,25)26/h3-4,6-9,12-13H,5,10-11,14H2,1-2H3,(H,27,31). The van der Waals surface area contributed by atoms with Crippen LogP contribution in [0, 0.1) is 6.92 Å². The molecule has 11 heteroatoms. The number of hydrogen-bond donors (Lipinski definition) is 1. The molecule has 3 aromatic rings. The van der Waals surface area contributed by atoms with Gasteiger partial charge in [-0.05, 0) is 37.1 Å². The van der Waals surface area contributed by atoms with Gasteiger partial charge in [-0.2, -0.15) is 23.0 Å². The largest absolute Gasteiger partial charge is 0.416 e. The van der Waals surface area contributed by atoms with Gasteiger partial charge in [-0.3, -0.25) is 14.2 Å². The first-order valence-electron chi connectivity index (χ1n) is 10.4. The molecular weight excluding hydrogens is 453 g/mol. The smallest absolute Gasteiger partial charge is 0.385 e. The highest BCUT2D eigenvalue weighted by Crippen LogP contribution is 2.29. The fourth-order valence-corrected chi connectivity index (χ4v) is 3.27. The lowest BCUT2D eigenvalue weighted by atomic mass is 10.1. The summed E-state index contributed by atoms with van der Waals surface area (Å²) in [6.45, 7) is 2.19. The van der Waals surface area contributed by atoms with Crippen LogP contribution in [0.4, 0.5) is 13.2 Å². The van der Waals surface area contributed by atoms with Gasteiger partial charge in [0, 0.05) is 20.3 Å². The molecule has 0 saturated carbocycles. The number of amides is 1. The van der Waals surface area contributed by atoms with Gasteiger partial charge in [-0.25, -0.2) is 4.79 Å². The Bertz CT molecular complexity index is 1300. The molecule has 34 heavy (non-hydrogen) atoms. The first-order valence-corrected chi connectivity index (χ1v) is 10.4. The Kier molecular flexibility index (Phi) is 7.67. The number of carbonyl (C=O) groups excluding carboxylic acids is 1. The number of halogens is 3. The Morgan fingerprint density at radius 2 is 1.85 bits per heavy atom. The van der Waals surface area contributed by atoms with Crippen LogP contribution in [0.3, 0.4) is 0 Å². The molecule has 0 aliphatic carbocycles. The van der Waals surface area contributed by atoms with E-state index in [-0.39, 0.29) is 18.8 Å². The van der Waals surface area contributed by atoms with Crippen LogP contribution >= 0.6 is 0 Å². The minimum atomic E-state index is -4.66. The maximum absolute atomic E-state index is 13.2. The van der Waals surface area contributed by atoms with E-state index in [1.165, 1.54) is 13.2 Å². The molecule has 2 aromatic carbocycles.